The Hall–Kier alpha value is -1.82. The molecule has 0 saturated carbocycles. The van der Waals surface area contributed by atoms with E-state index in [0.29, 0.717) is 5.52 Å². The molecule has 2 aromatic carbocycles. The Kier molecular flexibility index (Phi) is 3.95. The Morgan fingerprint density at radius 1 is 0.909 bits per heavy atom. The average Bonchev–Trinajstić information content (AvgIpc) is 2.47. The predicted molar refractivity (Wildman–Crippen MR) is 86.0 cm³/mol. The zero-order chi connectivity index (χ0) is 15.7. The van der Waals surface area contributed by atoms with Crippen molar-refractivity contribution in [3.63, 3.8) is 0 Å². The molecular weight excluding hydrogens is 345 g/mol. The molecule has 112 valence electrons. The van der Waals surface area contributed by atoms with Crippen molar-refractivity contribution in [3.05, 3.63) is 64.8 Å². The standard InChI is InChI=1S/C15H9Cl2NO3S/c16-11-6-2-7-12(17)15(11)22(19,20)21-13-8-1-4-10-5-3-9-18-14(10)13/h1-9H. The van der Waals surface area contributed by atoms with Gasteiger partial charge in [0.05, 0.1) is 10.0 Å². The van der Waals surface area contributed by atoms with Crippen LogP contribution in [0, 0.1) is 0 Å². The molecule has 0 aliphatic heterocycles. The number of hydrogen-bond acceptors (Lipinski definition) is 4. The number of pyridine rings is 1. The van der Waals surface area contributed by atoms with Gasteiger partial charge in [-0.25, -0.2) is 0 Å². The van der Waals surface area contributed by atoms with Crippen molar-refractivity contribution < 1.29 is 12.6 Å². The summed E-state index contributed by atoms with van der Waals surface area (Å²) < 4.78 is 30.1. The van der Waals surface area contributed by atoms with Crippen LogP contribution in [-0.4, -0.2) is 13.4 Å². The van der Waals surface area contributed by atoms with Gasteiger partial charge in [-0.1, -0.05) is 47.5 Å². The lowest BCUT2D eigenvalue weighted by Gasteiger charge is -2.11. The minimum absolute atomic E-state index is 0.000644. The molecule has 4 nitrogen and oxygen atoms in total. The fourth-order valence-electron chi connectivity index (χ4n) is 2.02. The van der Waals surface area contributed by atoms with E-state index in [0.717, 1.165) is 5.39 Å². The Morgan fingerprint density at radius 3 is 2.27 bits per heavy atom. The van der Waals surface area contributed by atoms with E-state index in [1.807, 2.05) is 12.1 Å². The zero-order valence-corrected chi connectivity index (χ0v) is 13.4. The molecule has 0 radical (unpaired) electrons. The topological polar surface area (TPSA) is 56.3 Å². The molecule has 3 rings (SSSR count). The molecule has 3 aromatic rings. The summed E-state index contributed by atoms with van der Waals surface area (Å²) in [4.78, 5) is 3.89. The van der Waals surface area contributed by atoms with Gasteiger partial charge in [-0.3, -0.25) is 4.98 Å². The first-order valence-corrected chi connectivity index (χ1v) is 8.38. The normalized spacial score (nSPS) is 11.5. The molecule has 1 aromatic heterocycles. The van der Waals surface area contributed by atoms with Gasteiger partial charge in [-0.05, 0) is 24.3 Å². The van der Waals surface area contributed by atoms with E-state index in [1.165, 1.54) is 18.2 Å². The second kappa shape index (κ2) is 5.76. The van der Waals surface area contributed by atoms with Crippen LogP contribution >= 0.6 is 23.2 Å². The van der Waals surface area contributed by atoms with Gasteiger partial charge in [0, 0.05) is 11.6 Å². The van der Waals surface area contributed by atoms with Crippen molar-refractivity contribution in [1.29, 1.82) is 0 Å². The van der Waals surface area contributed by atoms with Crippen molar-refractivity contribution in [2.45, 2.75) is 4.90 Å². The smallest absolute Gasteiger partial charge is 0.342 e. The molecule has 0 saturated heterocycles. The van der Waals surface area contributed by atoms with E-state index in [9.17, 15) is 8.42 Å². The third-order valence-corrected chi connectivity index (χ3v) is 5.16. The Bertz CT molecular complexity index is 932. The van der Waals surface area contributed by atoms with Gasteiger partial charge in [-0.2, -0.15) is 8.42 Å². The van der Waals surface area contributed by atoms with E-state index >= 15 is 0 Å². The second-order valence-electron chi connectivity index (χ2n) is 4.42. The largest absolute Gasteiger partial charge is 0.377 e. The highest BCUT2D eigenvalue weighted by Gasteiger charge is 2.24. The number of fused-ring (bicyclic) bond motifs is 1. The predicted octanol–water partition coefficient (Wildman–Crippen LogP) is 4.31. The van der Waals surface area contributed by atoms with Crippen molar-refractivity contribution in [2.24, 2.45) is 0 Å². The molecule has 0 atom stereocenters. The maximum absolute atomic E-state index is 12.5. The molecule has 0 amide bonds. The molecule has 0 aliphatic carbocycles. The molecule has 22 heavy (non-hydrogen) atoms. The highest BCUT2D eigenvalue weighted by molar-refractivity contribution is 7.87. The van der Waals surface area contributed by atoms with Crippen molar-refractivity contribution in [3.8, 4) is 5.75 Å². The number of nitrogens with zero attached hydrogens (tertiary/aromatic N) is 1. The summed E-state index contributed by atoms with van der Waals surface area (Å²) in [7, 11) is -4.17. The lowest BCUT2D eigenvalue weighted by Crippen LogP contribution is -2.11. The van der Waals surface area contributed by atoms with E-state index in [-0.39, 0.29) is 20.7 Å². The van der Waals surface area contributed by atoms with Gasteiger partial charge >= 0.3 is 10.1 Å². The summed E-state index contributed by atoms with van der Waals surface area (Å²) in [6.07, 6.45) is 1.56. The number of halogens is 2. The third kappa shape index (κ3) is 2.75. The maximum atomic E-state index is 12.5. The van der Waals surface area contributed by atoms with Crippen LogP contribution in [0.15, 0.2) is 59.6 Å². The van der Waals surface area contributed by atoms with Gasteiger partial charge in [0.1, 0.15) is 10.4 Å². The first-order valence-electron chi connectivity index (χ1n) is 6.21. The first-order chi connectivity index (χ1) is 10.5. The van der Waals surface area contributed by atoms with Gasteiger partial charge < -0.3 is 4.18 Å². The fraction of sp³-hybridized carbons (Fsp3) is 0. The Labute approximate surface area is 137 Å². The zero-order valence-electron chi connectivity index (χ0n) is 11.0. The molecule has 0 N–H and O–H groups in total. The SMILES string of the molecule is O=S(=O)(Oc1cccc2cccnc12)c1c(Cl)cccc1Cl. The monoisotopic (exact) mass is 353 g/mol. The Morgan fingerprint density at radius 2 is 1.55 bits per heavy atom. The summed E-state index contributed by atoms with van der Waals surface area (Å²) >= 11 is 11.9. The molecular formula is C15H9Cl2NO3S. The van der Waals surface area contributed by atoms with E-state index < -0.39 is 10.1 Å². The van der Waals surface area contributed by atoms with Crippen LogP contribution in [0.1, 0.15) is 0 Å². The van der Waals surface area contributed by atoms with Gasteiger partial charge in [0.2, 0.25) is 0 Å². The van der Waals surface area contributed by atoms with Gasteiger partial charge in [-0.15, -0.1) is 0 Å². The first kappa shape index (κ1) is 15.1. The second-order valence-corrected chi connectivity index (χ2v) is 6.72. The lowest BCUT2D eigenvalue weighted by atomic mass is 10.2. The van der Waals surface area contributed by atoms with Gasteiger partial charge in [0.25, 0.3) is 0 Å². The van der Waals surface area contributed by atoms with Crippen LogP contribution in [0.2, 0.25) is 10.0 Å². The number of hydrogen-bond donors (Lipinski definition) is 0. The highest BCUT2D eigenvalue weighted by Crippen LogP contribution is 2.33. The van der Waals surface area contributed by atoms with E-state index in [2.05, 4.69) is 4.98 Å². The van der Waals surface area contributed by atoms with Crippen molar-refractivity contribution in [1.82, 2.24) is 4.98 Å². The van der Waals surface area contributed by atoms with Crippen LogP contribution in [0.5, 0.6) is 5.75 Å². The van der Waals surface area contributed by atoms with Crippen LogP contribution < -0.4 is 4.18 Å². The molecule has 0 aliphatic rings. The summed E-state index contributed by atoms with van der Waals surface area (Å²) in [6.45, 7) is 0. The minimum Gasteiger partial charge on any atom is -0.377 e. The van der Waals surface area contributed by atoms with Crippen LogP contribution in [0.4, 0.5) is 0 Å². The maximum Gasteiger partial charge on any atom is 0.342 e. The lowest BCUT2D eigenvalue weighted by molar-refractivity contribution is 0.488. The summed E-state index contributed by atoms with van der Waals surface area (Å²) in [5, 5.41) is 0.766. The average molecular weight is 354 g/mol. The fourth-order valence-corrected chi connectivity index (χ4v) is 4.06. The van der Waals surface area contributed by atoms with Crippen LogP contribution in [0.3, 0.4) is 0 Å². The van der Waals surface area contributed by atoms with Gasteiger partial charge in [0.15, 0.2) is 5.75 Å². The summed E-state index contributed by atoms with van der Waals surface area (Å²) in [6, 6.07) is 13.0. The number of benzene rings is 2. The number of aromatic nitrogens is 1. The molecule has 0 bridgehead atoms. The van der Waals surface area contributed by atoms with E-state index in [4.69, 9.17) is 27.4 Å². The minimum atomic E-state index is -4.17. The summed E-state index contributed by atoms with van der Waals surface area (Å²) in [5.41, 5.74) is 0.441. The van der Waals surface area contributed by atoms with Crippen LogP contribution in [0.25, 0.3) is 10.9 Å². The molecule has 0 spiro atoms. The number of para-hydroxylation sites is 1. The Balaban J connectivity index is 2.12. The molecule has 0 fully saturated rings. The van der Waals surface area contributed by atoms with Crippen molar-refractivity contribution >= 4 is 44.2 Å². The van der Waals surface area contributed by atoms with Crippen LogP contribution in [-0.2, 0) is 10.1 Å². The quantitative estimate of drug-likeness (QED) is 0.658. The van der Waals surface area contributed by atoms with E-state index in [1.54, 1.807) is 24.4 Å². The molecule has 1 heterocycles. The molecule has 7 heteroatoms. The van der Waals surface area contributed by atoms with Crippen molar-refractivity contribution in [2.75, 3.05) is 0 Å². The summed E-state index contributed by atoms with van der Waals surface area (Å²) in [5.74, 6) is 0.120. The number of rotatable bonds is 3. The molecule has 0 unspecified atom stereocenters. The third-order valence-electron chi connectivity index (χ3n) is 2.96. The highest BCUT2D eigenvalue weighted by atomic mass is 35.5.